The molecule has 1 aromatic carbocycles. The van der Waals surface area contributed by atoms with Crippen molar-refractivity contribution in [2.75, 3.05) is 12.4 Å². The van der Waals surface area contributed by atoms with Crippen LogP contribution in [-0.4, -0.2) is 28.7 Å². The predicted octanol–water partition coefficient (Wildman–Crippen LogP) is 3.22. The maximum Gasteiger partial charge on any atom is 0.307 e. The molecule has 0 spiro atoms. The van der Waals surface area contributed by atoms with Crippen molar-refractivity contribution in [1.82, 2.24) is 0 Å². The minimum absolute atomic E-state index is 0.0597. The standard InChI is InChI=1S/C14H20O3S/c1-3-11(2)18-9-8-17-13-6-4-12(5-7-13)10-14(15)16/h4-7,11H,3,8-10H2,1-2H3,(H,15,16). The molecule has 3 nitrogen and oxygen atoms in total. The van der Waals surface area contributed by atoms with Crippen LogP contribution >= 0.6 is 11.8 Å². The molecule has 1 N–H and O–H groups in total. The average molecular weight is 268 g/mol. The fourth-order valence-corrected chi connectivity index (χ4v) is 2.22. The molecule has 1 unspecified atom stereocenters. The van der Waals surface area contributed by atoms with Gasteiger partial charge in [-0.3, -0.25) is 4.79 Å². The molecule has 0 bridgehead atoms. The molecule has 0 aliphatic rings. The first-order valence-electron chi connectivity index (χ1n) is 6.17. The third kappa shape index (κ3) is 5.96. The van der Waals surface area contributed by atoms with Gasteiger partial charge in [-0.15, -0.1) is 0 Å². The zero-order valence-electron chi connectivity index (χ0n) is 10.9. The number of aliphatic carboxylic acids is 1. The van der Waals surface area contributed by atoms with E-state index in [1.807, 2.05) is 23.9 Å². The number of thioether (sulfide) groups is 1. The fourth-order valence-electron chi connectivity index (χ4n) is 1.40. The Balaban J connectivity index is 2.28. The van der Waals surface area contributed by atoms with Crippen molar-refractivity contribution >= 4 is 17.7 Å². The topological polar surface area (TPSA) is 46.5 Å². The zero-order chi connectivity index (χ0) is 13.4. The van der Waals surface area contributed by atoms with Gasteiger partial charge in [0.05, 0.1) is 13.0 Å². The highest BCUT2D eigenvalue weighted by atomic mass is 32.2. The van der Waals surface area contributed by atoms with Gasteiger partial charge in [-0.05, 0) is 24.1 Å². The highest BCUT2D eigenvalue weighted by molar-refractivity contribution is 7.99. The molecule has 4 heteroatoms. The molecule has 1 rings (SSSR count). The second kappa shape index (κ2) is 8.03. The van der Waals surface area contributed by atoms with Crippen LogP contribution in [0.25, 0.3) is 0 Å². The summed E-state index contributed by atoms with van der Waals surface area (Å²) in [6.07, 6.45) is 1.23. The van der Waals surface area contributed by atoms with E-state index in [0.717, 1.165) is 17.1 Å². The van der Waals surface area contributed by atoms with E-state index >= 15 is 0 Å². The Bertz CT molecular complexity index is 362. The second-order valence-corrected chi connectivity index (χ2v) is 5.70. The molecule has 0 radical (unpaired) electrons. The third-order valence-corrected chi connectivity index (χ3v) is 3.91. The first-order chi connectivity index (χ1) is 8.61. The Labute approximate surface area is 113 Å². The molecule has 0 aliphatic heterocycles. The number of carboxylic acids is 1. The van der Waals surface area contributed by atoms with Crippen LogP contribution in [-0.2, 0) is 11.2 Å². The lowest BCUT2D eigenvalue weighted by Crippen LogP contribution is -2.04. The summed E-state index contributed by atoms with van der Waals surface area (Å²) in [6.45, 7) is 5.08. The van der Waals surface area contributed by atoms with Gasteiger partial charge in [-0.25, -0.2) is 0 Å². The number of hydrogen-bond acceptors (Lipinski definition) is 3. The maximum absolute atomic E-state index is 10.5. The number of benzene rings is 1. The summed E-state index contributed by atoms with van der Waals surface area (Å²) in [5.41, 5.74) is 0.795. The molecular formula is C14H20O3S. The van der Waals surface area contributed by atoms with Crippen LogP contribution in [0.4, 0.5) is 0 Å². The number of rotatable bonds is 8. The molecule has 0 saturated heterocycles. The molecular weight excluding hydrogens is 248 g/mol. The summed E-state index contributed by atoms with van der Waals surface area (Å²) >= 11 is 1.90. The summed E-state index contributed by atoms with van der Waals surface area (Å²) in [5.74, 6) is 0.966. The van der Waals surface area contributed by atoms with Crippen molar-refractivity contribution in [2.45, 2.75) is 31.9 Å². The fraction of sp³-hybridized carbons (Fsp3) is 0.500. The van der Waals surface area contributed by atoms with Gasteiger partial charge >= 0.3 is 5.97 Å². The SMILES string of the molecule is CCC(C)SCCOc1ccc(CC(=O)O)cc1. The Kier molecular flexibility index (Phi) is 6.65. The minimum Gasteiger partial charge on any atom is -0.493 e. The largest absolute Gasteiger partial charge is 0.493 e. The van der Waals surface area contributed by atoms with E-state index in [9.17, 15) is 4.79 Å². The summed E-state index contributed by atoms with van der Waals surface area (Å²) in [6, 6.07) is 7.24. The first-order valence-corrected chi connectivity index (χ1v) is 7.21. The molecule has 18 heavy (non-hydrogen) atoms. The van der Waals surface area contributed by atoms with Crippen LogP contribution in [0.2, 0.25) is 0 Å². The van der Waals surface area contributed by atoms with Crippen LogP contribution in [0, 0.1) is 0 Å². The lowest BCUT2D eigenvalue weighted by Gasteiger charge is -2.09. The van der Waals surface area contributed by atoms with Gasteiger partial charge in [0.2, 0.25) is 0 Å². The average Bonchev–Trinajstić information content (AvgIpc) is 2.35. The van der Waals surface area contributed by atoms with E-state index in [4.69, 9.17) is 9.84 Å². The number of ether oxygens (including phenoxy) is 1. The number of carboxylic acid groups (broad SMARTS) is 1. The van der Waals surface area contributed by atoms with Crippen molar-refractivity contribution in [3.8, 4) is 5.75 Å². The monoisotopic (exact) mass is 268 g/mol. The van der Waals surface area contributed by atoms with Crippen LogP contribution in [0.15, 0.2) is 24.3 Å². The van der Waals surface area contributed by atoms with Crippen LogP contribution in [0.1, 0.15) is 25.8 Å². The second-order valence-electron chi connectivity index (χ2n) is 4.15. The van der Waals surface area contributed by atoms with Gasteiger partial charge < -0.3 is 9.84 Å². The molecule has 1 atom stereocenters. The number of hydrogen-bond donors (Lipinski definition) is 1. The molecule has 100 valence electrons. The first kappa shape index (κ1) is 14.9. The summed E-state index contributed by atoms with van der Waals surface area (Å²) in [7, 11) is 0. The third-order valence-electron chi connectivity index (χ3n) is 2.61. The van der Waals surface area contributed by atoms with Gasteiger partial charge in [0.1, 0.15) is 5.75 Å². The van der Waals surface area contributed by atoms with Crippen molar-refractivity contribution < 1.29 is 14.6 Å². The van der Waals surface area contributed by atoms with Crippen molar-refractivity contribution in [2.24, 2.45) is 0 Å². The van der Waals surface area contributed by atoms with Gasteiger partial charge in [-0.1, -0.05) is 26.0 Å². The van der Waals surface area contributed by atoms with E-state index in [2.05, 4.69) is 13.8 Å². The molecule has 0 aliphatic carbocycles. The van der Waals surface area contributed by atoms with Gasteiger partial charge in [-0.2, -0.15) is 11.8 Å². The summed E-state index contributed by atoms with van der Waals surface area (Å²) in [4.78, 5) is 10.5. The molecule has 0 saturated carbocycles. The quantitative estimate of drug-likeness (QED) is 0.735. The van der Waals surface area contributed by atoms with Crippen LogP contribution in [0.3, 0.4) is 0 Å². The van der Waals surface area contributed by atoms with E-state index in [1.54, 1.807) is 12.1 Å². The Morgan fingerprint density at radius 2 is 2.06 bits per heavy atom. The van der Waals surface area contributed by atoms with E-state index in [0.29, 0.717) is 11.9 Å². The highest BCUT2D eigenvalue weighted by Crippen LogP contribution is 2.15. The highest BCUT2D eigenvalue weighted by Gasteiger charge is 2.01. The van der Waals surface area contributed by atoms with Crippen molar-refractivity contribution in [3.05, 3.63) is 29.8 Å². The summed E-state index contributed by atoms with van der Waals surface area (Å²) in [5, 5.41) is 9.32. The number of carbonyl (C=O) groups is 1. The van der Waals surface area contributed by atoms with Crippen LogP contribution < -0.4 is 4.74 Å². The van der Waals surface area contributed by atoms with Gasteiger partial charge in [0.15, 0.2) is 0 Å². The van der Waals surface area contributed by atoms with Crippen LogP contribution in [0.5, 0.6) is 5.75 Å². The van der Waals surface area contributed by atoms with E-state index in [-0.39, 0.29) is 6.42 Å². The van der Waals surface area contributed by atoms with Crippen molar-refractivity contribution in [3.63, 3.8) is 0 Å². The smallest absolute Gasteiger partial charge is 0.307 e. The molecule has 0 heterocycles. The van der Waals surface area contributed by atoms with E-state index in [1.165, 1.54) is 6.42 Å². The Morgan fingerprint density at radius 3 is 2.61 bits per heavy atom. The molecule has 0 fully saturated rings. The molecule has 0 aromatic heterocycles. The normalized spacial score (nSPS) is 12.1. The molecule has 1 aromatic rings. The lowest BCUT2D eigenvalue weighted by atomic mass is 10.1. The van der Waals surface area contributed by atoms with Gasteiger partial charge in [0.25, 0.3) is 0 Å². The Morgan fingerprint density at radius 1 is 1.39 bits per heavy atom. The summed E-state index contributed by atoms with van der Waals surface area (Å²) < 4.78 is 5.59. The lowest BCUT2D eigenvalue weighted by molar-refractivity contribution is -0.136. The maximum atomic E-state index is 10.5. The molecule has 0 amide bonds. The van der Waals surface area contributed by atoms with E-state index < -0.39 is 5.97 Å². The minimum atomic E-state index is -0.811. The Hall–Kier alpha value is -1.16. The van der Waals surface area contributed by atoms with Gasteiger partial charge in [0, 0.05) is 11.0 Å². The zero-order valence-corrected chi connectivity index (χ0v) is 11.7. The predicted molar refractivity (Wildman–Crippen MR) is 75.5 cm³/mol. The van der Waals surface area contributed by atoms with Crippen molar-refractivity contribution in [1.29, 1.82) is 0 Å².